The van der Waals surface area contributed by atoms with Crippen LogP contribution in [-0.2, 0) is 11.2 Å². The molecule has 3 heteroatoms. The Labute approximate surface area is 145 Å². The van der Waals surface area contributed by atoms with E-state index in [4.69, 9.17) is 0 Å². The second-order valence-corrected chi connectivity index (χ2v) is 6.26. The number of aromatic nitrogens is 1. The molecule has 0 saturated carbocycles. The Bertz CT molecular complexity index is 1120. The van der Waals surface area contributed by atoms with Gasteiger partial charge in [0.15, 0.2) is 0 Å². The van der Waals surface area contributed by atoms with E-state index in [1.807, 2.05) is 55.6 Å². The fraction of sp³-hybridized carbons (Fsp3) is 0.0909. The molecule has 0 unspecified atom stereocenters. The Hall–Kier alpha value is -3.20. The molecular formula is C22H17NO2. The van der Waals surface area contributed by atoms with Crippen molar-refractivity contribution in [3.8, 4) is 11.1 Å². The van der Waals surface area contributed by atoms with Crippen molar-refractivity contribution >= 4 is 27.6 Å². The van der Waals surface area contributed by atoms with Crippen LogP contribution in [0.1, 0.15) is 11.1 Å². The van der Waals surface area contributed by atoms with Gasteiger partial charge >= 0.3 is 5.97 Å². The lowest BCUT2D eigenvalue weighted by atomic mass is 9.89. The number of benzene rings is 3. The largest absolute Gasteiger partial charge is 0.481 e. The zero-order valence-corrected chi connectivity index (χ0v) is 13.9. The molecule has 1 aromatic heterocycles. The molecule has 3 nitrogen and oxygen atoms in total. The Balaban J connectivity index is 2.07. The number of carboxylic acid groups (broad SMARTS) is 1. The second-order valence-electron chi connectivity index (χ2n) is 6.26. The fourth-order valence-corrected chi connectivity index (χ4v) is 3.45. The first kappa shape index (κ1) is 15.3. The van der Waals surface area contributed by atoms with Crippen LogP contribution in [0.4, 0.5) is 0 Å². The smallest absolute Gasteiger partial charge is 0.307 e. The lowest BCUT2D eigenvalue weighted by Gasteiger charge is -2.16. The van der Waals surface area contributed by atoms with E-state index in [0.29, 0.717) is 0 Å². The summed E-state index contributed by atoms with van der Waals surface area (Å²) < 4.78 is 0. The number of carbonyl (C=O) groups is 1. The average Bonchev–Trinajstić information content (AvgIpc) is 2.61. The van der Waals surface area contributed by atoms with Crippen molar-refractivity contribution < 1.29 is 9.90 Å². The molecule has 0 spiro atoms. The predicted octanol–water partition coefficient (Wildman–Crippen LogP) is 4.99. The Morgan fingerprint density at radius 1 is 1.00 bits per heavy atom. The summed E-state index contributed by atoms with van der Waals surface area (Å²) in [7, 11) is 0. The number of rotatable bonds is 3. The Kier molecular flexibility index (Phi) is 3.69. The molecule has 3 aromatic carbocycles. The van der Waals surface area contributed by atoms with Crippen LogP contribution >= 0.6 is 0 Å². The molecule has 4 aromatic rings. The average molecular weight is 327 g/mol. The topological polar surface area (TPSA) is 50.2 Å². The molecule has 0 aliphatic heterocycles. The van der Waals surface area contributed by atoms with Gasteiger partial charge in [-0.25, -0.2) is 0 Å². The van der Waals surface area contributed by atoms with Crippen LogP contribution in [0.2, 0.25) is 0 Å². The van der Waals surface area contributed by atoms with Crippen molar-refractivity contribution in [3.63, 3.8) is 0 Å². The van der Waals surface area contributed by atoms with Crippen molar-refractivity contribution in [2.75, 3.05) is 0 Å². The Morgan fingerprint density at radius 2 is 1.72 bits per heavy atom. The van der Waals surface area contributed by atoms with Gasteiger partial charge in [-0.1, -0.05) is 48.5 Å². The minimum Gasteiger partial charge on any atom is -0.481 e. The third kappa shape index (κ3) is 2.74. The normalized spacial score (nSPS) is 11.1. The number of fused-ring (bicyclic) bond motifs is 2. The van der Waals surface area contributed by atoms with Crippen molar-refractivity contribution in [1.82, 2.24) is 4.98 Å². The highest BCUT2D eigenvalue weighted by Crippen LogP contribution is 2.35. The van der Waals surface area contributed by atoms with Gasteiger partial charge in [-0.3, -0.25) is 9.78 Å². The van der Waals surface area contributed by atoms with Gasteiger partial charge in [-0.05, 0) is 46.5 Å². The van der Waals surface area contributed by atoms with Crippen LogP contribution < -0.4 is 0 Å². The first-order chi connectivity index (χ1) is 12.1. The van der Waals surface area contributed by atoms with E-state index in [1.54, 1.807) is 0 Å². The van der Waals surface area contributed by atoms with Crippen LogP contribution in [0.15, 0.2) is 66.9 Å². The summed E-state index contributed by atoms with van der Waals surface area (Å²) in [6, 6.07) is 20.2. The molecule has 4 rings (SSSR count). The van der Waals surface area contributed by atoms with E-state index < -0.39 is 5.97 Å². The molecule has 0 aliphatic carbocycles. The van der Waals surface area contributed by atoms with Gasteiger partial charge in [0.2, 0.25) is 0 Å². The van der Waals surface area contributed by atoms with Gasteiger partial charge < -0.3 is 5.11 Å². The predicted molar refractivity (Wildman–Crippen MR) is 101 cm³/mol. The number of para-hydroxylation sites is 1. The molecule has 0 bridgehead atoms. The second kappa shape index (κ2) is 6.02. The van der Waals surface area contributed by atoms with Gasteiger partial charge in [0.1, 0.15) is 0 Å². The molecule has 0 amide bonds. The van der Waals surface area contributed by atoms with Crippen LogP contribution in [0.3, 0.4) is 0 Å². The maximum Gasteiger partial charge on any atom is 0.307 e. The van der Waals surface area contributed by atoms with E-state index in [9.17, 15) is 9.90 Å². The Morgan fingerprint density at radius 3 is 2.52 bits per heavy atom. The number of nitrogens with zero attached hydrogens (tertiary/aromatic N) is 1. The highest BCUT2D eigenvalue weighted by Gasteiger charge is 2.16. The van der Waals surface area contributed by atoms with E-state index >= 15 is 0 Å². The fourth-order valence-electron chi connectivity index (χ4n) is 3.45. The standard InChI is InChI=1S/C22H17NO2/c1-14-10-15-6-2-4-8-18(15)22(19(14)12-21(24)25)17-11-16-7-3-5-9-20(16)23-13-17/h2-11,13H,12H2,1H3,(H,24,25). The highest BCUT2D eigenvalue weighted by molar-refractivity contribution is 6.01. The molecular weight excluding hydrogens is 310 g/mol. The van der Waals surface area contributed by atoms with Gasteiger partial charge in [-0.15, -0.1) is 0 Å². The molecule has 122 valence electrons. The number of aryl methyl sites for hydroxylation is 1. The van der Waals surface area contributed by atoms with Gasteiger partial charge in [0.05, 0.1) is 11.9 Å². The quantitative estimate of drug-likeness (QED) is 0.576. The number of carboxylic acids is 1. The first-order valence-electron chi connectivity index (χ1n) is 8.21. The van der Waals surface area contributed by atoms with Crippen molar-refractivity contribution in [3.05, 3.63) is 78.0 Å². The minimum absolute atomic E-state index is 0.00116. The number of hydrogen-bond donors (Lipinski definition) is 1. The van der Waals surface area contributed by atoms with Gasteiger partial charge in [0, 0.05) is 17.1 Å². The van der Waals surface area contributed by atoms with Crippen LogP contribution in [0.25, 0.3) is 32.8 Å². The molecule has 0 radical (unpaired) electrons. The lowest BCUT2D eigenvalue weighted by molar-refractivity contribution is -0.136. The summed E-state index contributed by atoms with van der Waals surface area (Å²) in [6.07, 6.45) is 1.84. The summed E-state index contributed by atoms with van der Waals surface area (Å²) in [5.41, 5.74) is 4.70. The maximum atomic E-state index is 11.4. The molecule has 0 aliphatic rings. The first-order valence-corrected chi connectivity index (χ1v) is 8.21. The highest BCUT2D eigenvalue weighted by atomic mass is 16.4. The van der Waals surface area contributed by atoms with Crippen molar-refractivity contribution in [2.45, 2.75) is 13.3 Å². The summed E-state index contributed by atoms with van der Waals surface area (Å²) in [5.74, 6) is -0.826. The van der Waals surface area contributed by atoms with E-state index in [-0.39, 0.29) is 6.42 Å². The zero-order chi connectivity index (χ0) is 17.4. The summed E-state index contributed by atoms with van der Waals surface area (Å²) in [5, 5.41) is 12.6. The third-order valence-electron chi connectivity index (χ3n) is 4.59. The van der Waals surface area contributed by atoms with E-state index in [0.717, 1.165) is 43.9 Å². The molecule has 0 saturated heterocycles. The van der Waals surface area contributed by atoms with Crippen molar-refractivity contribution in [2.24, 2.45) is 0 Å². The maximum absolute atomic E-state index is 11.4. The lowest BCUT2D eigenvalue weighted by Crippen LogP contribution is -2.05. The summed E-state index contributed by atoms with van der Waals surface area (Å²) in [4.78, 5) is 16.0. The van der Waals surface area contributed by atoms with E-state index in [2.05, 4.69) is 23.2 Å². The van der Waals surface area contributed by atoms with Crippen LogP contribution in [0.5, 0.6) is 0 Å². The zero-order valence-electron chi connectivity index (χ0n) is 13.9. The molecule has 1 heterocycles. The number of pyridine rings is 1. The molecule has 0 fully saturated rings. The number of aliphatic carboxylic acids is 1. The van der Waals surface area contributed by atoms with E-state index in [1.165, 1.54) is 0 Å². The third-order valence-corrected chi connectivity index (χ3v) is 4.59. The van der Waals surface area contributed by atoms with Gasteiger partial charge in [-0.2, -0.15) is 0 Å². The summed E-state index contributed by atoms with van der Waals surface area (Å²) in [6.45, 7) is 1.97. The van der Waals surface area contributed by atoms with Crippen molar-refractivity contribution in [1.29, 1.82) is 0 Å². The van der Waals surface area contributed by atoms with Crippen LogP contribution in [0, 0.1) is 6.92 Å². The molecule has 25 heavy (non-hydrogen) atoms. The summed E-state index contributed by atoms with van der Waals surface area (Å²) >= 11 is 0. The minimum atomic E-state index is -0.826. The van der Waals surface area contributed by atoms with Gasteiger partial charge in [0.25, 0.3) is 0 Å². The van der Waals surface area contributed by atoms with Crippen LogP contribution in [-0.4, -0.2) is 16.1 Å². The monoisotopic (exact) mass is 327 g/mol. The molecule has 1 N–H and O–H groups in total. The number of hydrogen-bond acceptors (Lipinski definition) is 2. The molecule has 0 atom stereocenters. The SMILES string of the molecule is Cc1cc2ccccc2c(-c2cnc3ccccc3c2)c1CC(=O)O.